The fourth-order valence-electron chi connectivity index (χ4n) is 0.201. The van der Waals surface area contributed by atoms with Gasteiger partial charge in [0.2, 0.25) is 5.71 Å². The molecule has 0 unspecified atom stereocenters. The van der Waals surface area contributed by atoms with Gasteiger partial charge in [-0.15, -0.1) is 0 Å². The maximum Gasteiger partial charge on any atom is 0.438 e. The van der Waals surface area contributed by atoms with E-state index in [-0.39, 0.29) is 0 Å². The lowest BCUT2D eigenvalue weighted by Crippen LogP contribution is -2.42. The Bertz CT molecular complexity index is 163. The molecule has 4 nitrogen and oxygen atoms in total. The first-order chi connectivity index (χ1) is 4.39. The third-order valence-electron chi connectivity index (χ3n) is 0.642. The average Bonchev–Trinajstić information content (AvgIpc) is 1.83. The lowest BCUT2D eigenvalue weighted by Gasteiger charge is -2.04. The van der Waals surface area contributed by atoms with Crippen LogP contribution in [0.5, 0.6) is 0 Å². The molecular weight excluding hydrogens is 151 g/mol. The highest BCUT2D eigenvalue weighted by atomic mass is 19.4. The molecule has 58 valence electrons. The van der Waals surface area contributed by atoms with Crippen LogP contribution in [0.25, 0.3) is 0 Å². The Balaban J connectivity index is 4.24. The van der Waals surface area contributed by atoms with Crippen molar-refractivity contribution in [3.05, 3.63) is 0 Å². The van der Waals surface area contributed by atoms with Crippen molar-refractivity contribution in [3.8, 4) is 0 Å². The Kier molecular flexibility index (Phi) is 2.36. The van der Waals surface area contributed by atoms with Gasteiger partial charge in [0.25, 0.3) is 5.91 Å². The smallest absolute Gasteiger partial charge is 0.292 e. The zero-order valence-corrected chi connectivity index (χ0v) is 4.62. The molecule has 0 aromatic heterocycles. The number of nitrogens with two attached hydrogens (primary N) is 1. The molecule has 0 aromatic rings. The zero-order chi connectivity index (χ0) is 8.36. The SMILES string of the molecule is N=C(C(=O)NN)C(F)(F)F. The molecule has 0 atom stereocenters. The Morgan fingerprint density at radius 3 is 2.00 bits per heavy atom. The van der Waals surface area contributed by atoms with E-state index in [1.165, 1.54) is 5.43 Å². The van der Waals surface area contributed by atoms with Crippen LogP contribution < -0.4 is 11.3 Å². The van der Waals surface area contributed by atoms with E-state index >= 15 is 0 Å². The third-order valence-corrected chi connectivity index (χ3v) is 0.642. The number of hydrazine groups is 1. The van der Waals surface area contributed by atoms with Crippen LogP contribution >= 0.6 is 0 Å². The van der Waals surface area contributed by atoms with Crippen molar-refractivity contribution in [1.82, 2.24) is 5.43 Å². The Morgan fingerprint density at radius 1 is 1.50 bits per heavy atom. The van der Waals surface area contributed by atoms with Gasteiger partial charge in [-0.05, 0) is 0 Å². The van der Waals surface area contributed by atoms with Crippen LogP contribution in [0.15, 0.2) is 0 Å². The molecule has 0 spiro atoms. The maximum atomic E-state index is 11.3. The van der Waals surface area contributed by atoms with Gasteiger partial charge in [0.15, 0.2) is 0 Å². The number of carbonyl (C=O) groups is 1. The highest BCUT2D eigenvalue weighted by Crippen LogP contribution is 2.15. The fourth-order valence-corrected chi connectivity index (χ4v) is 0.201. The van der Waals surface area contributed by atoms with Crippen molar-refractivity contribution < 1.29 is 18.0 Å². The van der Waals surface area contributed by atoms with E-state index in [1.54, 1.807) is 0 Å². The number of hydrogen-bond donors (Lipinski definition) is 3. The molecule has 0 aromatic carbocycles. The molecular formula is C3H4F3N3O. The second-order valence-corrected chi connectivity index (χ2v) is 1.35. The number of alkyl halides is 3. The molecule has 4 N–H and O–H groups in total. The number of nitrogens with one attached hydrogen (secondary N) is 2. The molecule has 0 heterocycles. The lowest BCUT2D eigenvalue weighted by atomic mass is 10.3. The van der Waals surface area contributed by atoms with E-state index in [2.05, 4.69) is 5.84 Å². The van der Waals surface area contributed by atoms with Crippen molar-refractivity contribution in [2.75, 3.05) is 0 Å². The summed E-state index contributed by atoms with van der Waals surface area (Å²) in [6.45, 7) is 0. The van der Waals surface area contributed by atoms with Gasteiger partial charge in [0.05, 0.1) is 0 Å². The van der Waals surface area contributed by atoms with E-state index < -0.39 is 17.8 Å². The summed E-state index contributed by atoms with van der Waals surface area (Å²) in [6.07, 6.45) is -4.93. The van der Waals surface area contributed by atoms with E-state index in [0.29, 0.717) is 0 Å². The van der Waals surface area contributed by atoms with Crippen molar-refractivity contribution in [1.29, 1.82) is 5.41 Å². The van der Waals surface area contributed by atoms with Gasteiger partial charge in [0, 0.05) is 0 Å². The van der Waals surface area contributed by atoms with Crippen molar-refractivity contribution in [3.63, 3.8) is 0 Å². The Labute approximate surface area is 53.7 Å². The molecule has 0 bridgehead atoms. The number of halogens is 3. The van der Waals surface area contributed by atoms with Crippen molar-refractivity contribution in [2.24, 2.45) is 5.84 Å². The van der Waals surface area contributed by atoms with Crippen LogP contribution in [0.4, 0.5) is 13.2 Å². The zero-order valence-electron chi connectivity index (χ0n) is 4.62. The molecule has 0 aliphatic carbocycles. The summed E-state index contributed by atoms with van der Waals surface area (Å²) in [7, 11) is 0. The predicted octanol–water partition coefficient (Wildman–Crippen LogP) is -0.442. The van der Waals surface area contributed by atoms with Crippen LogP contribution in [-0.2, 0) is 4.79 Å². The molecule has 0 radical (unpaired) electrons. The number of amides is 1. The van der Waals surface area contributed by atoms with Crippen LogP contribution in [0.1, 0.15) is 0 Å². The van der Waals surface area contributed by atoms with E-state index in [0.717, 1.165) is 0 Å². The summed E-state index contributed by atoms with van der Waals surface area (Å²) in [5, 5.41) is 6.13. The van der Waals surface area contributed by atoms with Gasteiger partial charge in [-0.25, -0.2) is 5.84 Å². The van der Waals surface area contributed by atoms with Crippen molar-refractivity contribution in [2.45, 2.75) is 6.18 Å². The van der Waals surface area contributed by atoms with E-state index in [1.807, 2.05) is 0 Å². The first-order valence-electron chi connectivity index (χ1n) is 2.06. The first-order valence-corrected chi connectivity index (χ1v) is 2.06. The Morgan fingerprint density at radius 2 is 1.90 bits per heavy atom. The van der Waals surface area contributed by atoms with Gasteiger partial charge in [-0.2, -0.15) is 13.2 Å². The molecule has 1 amide bonds. The maximum absolute atomic E-state index is 11.3. The van der Waals surface area contributed by atoms with Crippen LogP contribution in [0, 0.1) is 5.41 Å². The van der Waals surface area contributed by atoms with E-state index in [9.17, 15) is 18.0 Å². The highest BCUT2D eigenvalue weighted by molar-refractivity contribution is 6.39. The summed E-state index contributed by atoms with van der Waals surface area (Å²) < 4.78 is 34.0. The van der Waals surface area contributed by atoms with Crippen molar-refractivity contribution >= 4 is 11.6 Å². The summed E-state index contributed by atoms with van der Waals surface area (Å²) in [5.74, 6) is 2.68. The lowest BCUT2D eigenvalue weighted by molar-refractivity contribution is -0.119. The van der Waals surface area contributed by atoms with Crippen LogP contribution in [0.3, 0.4) is 0 Å². The van der Waals surface area contributed by atoms with Crippen LogP contribution in [-0.4, -0.2) is 17.8 Å². The molecule has 0 rings (SSSR count). The third kappa shape index (κ3) is 2.02. The molecule has 0 aliphatic heterocycles. The summed E-state index contributed by atoms with van der Waals surface area (Å²) >= 11 is 0. The molecule has 0 fully saturated rings. The molecule has 0 saturated heterocycles. The largest absolute Gasteiger partial charge is 0.438 e. The molecule has 0 aliphatic rings. The number of rotatable bonds is 1. The first kappa shape index (κ1) is 8.89. The van der Waals surface area contributed by atoms with Gasteiger partial charge in [-0.1, -0.05) is 0 Å². The summed E-state index contributed by atoms with van der Waals surface area (Å²) in [4.78, 5) is 9.98. The molecule has 7 heteroatoms. The monoisotopic (exact) mass is 155 g/mol. The number of carbonyl (C=O) groups excluding carboxylic acids is 1. The molecule has 0 saturated carbocycles. The average molecular weight is 155 g/mol. The summed E-state index contributed by atoms with van der Waals surface area (Å²) in [5.41, 5.74) is -0.817. The second-order valence-electron chi connectivity index (χ2n) is 1.35. The summed E-state index contributed by atoms with van der Waals surface area (Å²) in [6, 6.07) is 0. The minimum absolute atomic E-state index is 1.19. The standard InChI is InChI=1S/C3H4F3N3O/c4-3(5,6)1(7)2(10)9-8/h7H,8H2,(H,9,10). The highest BCUT2D eigenvalue weighted by Gasteiger charge is 2.38. The van der Waals surface area contributed by atoms with Gasteiger partial charge in [0.1, 0.15) is 0 Å². The van der Waals surface area contributed by atoms with Crippen LogP contribution in [0.2, 0.25) is 0 Å². The minimum Gasteiger partial charge on any atom is -0.292 e. The van der Waals surface area contributed by atoms with Gasteiger partial charge >= 0.3 is 6.18 Å². The quantitative estimate of drug-likeness (QED) is 0.208. The van der Waals surface area contributed by atoms with Gasteiger partial charge in [-0.3, -0.25) is 15.6 Å². The second kappa shape index (κ2) is 2.65. The van der Waals surface area contributed by atoms with E-state index in [4.69, 9.17) is 5.41 Å². The fraction of sp³-hybridized carbons (Fsp3) is 0.333. The molecule has 10 heavy (non-hydrogen) atoms. The van der Waals surface area contributed by atoms with Gasteiger partial charge < -0.3 is 0 Å². The Hall–Kier alpha value is -1.11. The topological polar surface area (TPSA) is 79.0 Å². The predicted molar refractivity (Wildman–Crippen MR) is 26.1 cm³/mol. The number of hydrogen-bond acceptors (Lipinski definition) is 3. The minimum atomic E-state index is -4.93. The normalized spacial score (nSPS) is 10.8.